The van der Waals surface area contributed by atoms with E-state index in [1.54, 1.807) is 11.6 Å². The second-order valence-electron chi connectivity index (χ2n) is 4.83. The molecule has 0 saturated carbocycles. The molecule has 0 bridgehead atoms. The molecule has 19 heavy (non-hydrogen) atoms. The van der Waals surface area contributed by atoms with Gasteiger partial charge in [0.2, 0.25) is 5.91 Å². The number of hydrogen-bond acceptors (Lipinski definition) is 5. The van der Waals surface area contributed by atoms with Crippen molar-refractivity contribution in [1.29, 1.82) is 0 Å². The number of thiazole rings is 1. The fourth-order valence-electron chi connectivity index (χ4n) is 2.30. The molecule has 1 aliphatic carbocycles. The zero-order valence-electron chi connectivity index (χ0n) is 10.8. The zero-order valence-corrected chi connectivity index (χ0v) is 11.6. The van der Waals surface area contributed by atoms with Crippen LogP contribution in [-0.4, -0.2) is 16.9 Å². The highest BCUT2D eigenvalue weighted by Gasteiger charge is 2.33. The molecule has 1 aliphatic rings. The van der Waals surface area contributed by atoms with Gasteiger partial charge in [0.25, 0.3) is 0 Å². The Labute approximate surface area is 115 Å². The molecule has 2 rings (SSSR count). The second kappa shape index (κ2) is 5.52. The largest absolute Gasteiger partial charge is 0.550 e. The first kappa shape index (κ1) is 13.7. The third-order valence-corrected chi connectivity index (χ3v) is 4.26. The molecule has 0 fully saturated rings. The summed E-state index contributed by atoms with van der Waals surface area (Å²) in [5, 5.41) is 16.1. The third kappa shape index (κ3) is 3.01. The Morgan fingerprint density at radius 3 is 2.47 bits per heavy atom. The lowest BCUT2D eigenvalue weighted by Gasteiger charge is -2.32. The van der Waals surface area contributed by atoms with Gasteiger partial charge in [-0.05, 0) is 26.7 Å². The van der Waals surface area contributed by atoms with Crippen molar-refractivity contribution in [2.45, 2.75) is 26.7 Å². The first-order valence-electron chi connectivity index (χ1n) is 6.05. The summed E-state index contributed by atoms with van der Waals surface area (Å²) in [6, 6.07) is 0. The number of carbonyl (C=O) groups is 2. The fraction of sp³-hybridized carbons (Fsp3) is 0.462. The fourth-order valence-corrected chi connectivity index (χ4v) is 2.83. The molecular weight excluding hydrogens is 264 g/mol. The number of amides is 1. The van der Waals surface area contributed by atoms with E-state index in [0.29, 0.717) is 18.0 Å². The number of aliphatic carboxylic acids is 1. The maximum absolute atomic E-state index is 12.2. The summed E-state index contributed by atoms with van der Waals surface area (Å²) in [6.07, 6.45) is 2.43. The summed E-state index contributed by atoms with van der Waals surface area (Å²) in [4.78, 5) is 27.3. The summed E-state index contributed by atoms with van der Waals surface area (Å²) in [7, 11) is 0. The van der Waals surface area contributed by atoms with E-state index in [0.717, 1.165) is 11.1 Å². The van der Waals surface area contributed by atoms with E-state index in [4.69, 9.17) is 0 Å². The summed E-state index contributed by atoms with van der Waals surface area (Å²) in [5.74, 6) is -2.80. The molecule has 102 valence electrons. The van der Waals surface area contributed by atoms with Gasteiger partial charge in [-0.2, -0.15) is 0 Å². The summed E-state index contributed by atoms with van der Waals surface area (Å²) in [5.41, 5.74) is 2.12. The molecule has 0 unspecified atom stereocenters. The lowest BCUT2D eigenvalue weighted by Crippen LogP contribution is -2.42. The molecule has 2 atom stereocenters. The molecule has 0 saturated heterocycles. The van der Waals surface area contributed by atoms with Gasteiger partial charge in [-0.3, -0.25) is 4.79 Å². The highest BCUT2D eigenvalue weighted by Crippen LogP contribution is 2.34. The molecule has 0 spiro atoms. The van der Waals surface area contributed by atoms with Crippen LogP contribution in [0.3, 0.4) is 0 Å². The number of carboxylic acids is 1. The Kier molecular flexibility index (Phi) is 3.99. The van der Waals surface area contributed by atoms with Gasteiger partial charge in [0.15, 0.2) is 5.13 Å². The maximum atomic E-state index is 12.2. The van der Waals surface area contributed by atoms with Crippen molar-refractivity contribution in [3.05, 3.63) is 22.7 Å². The van der Waals surface area contributed by atoms with Crippen LogP contribution in [0.2, 0.25) is 0 Å². The predicted molar refractivity (Wildman–Crippen MR) is 70.3 cm³/mol. The lowest BCUT2D eigenvalue weighted by molar-refractivity contribution is -0.313. The van der Waals surface area contributed by atoms with Gasteiger partial charge >= 0.3 is 0 Å². The van der Waals surface area contributed by atoms with Crippen molar-refractivity contribution in [3.63, 3.8) is 0 Å². The van der Waals surface area contributed by atoms with Crippen molar-refractivity contribution in [1.82, 2.24) is 4.98 Å². The van der Waals surface area contributed by atoms with Gasteiger partial charge in [0.05, 0.1) is 5.92 Å². The number of nitrogens with zero attached hydrogens (tertiary/aromatic N) is 1. The normalized spacial score (nSPS) is 23.3. The minimum Gasteiger partial charge on any atom is -0.550 e. The van der Waals surface area contributed by atoms with Crippen molar-refractivity contribution in [3.8, 4) is 0 Å². The Balaban J connectivity index is 2.16. The Hall–Kier alpha value is -1.69. The lowest BCUT2D eigenvalue weighted by atomic mass is 9.76. The highest BCUT2D eigenvalue weighted by atomic mass is 32.1. The average Bonchev–Trinajstić information content (AvgIpc) is 2.84. The van der Waals surface area contributed by atoms with Crippen molar-refractivity contribution < 1.29 is 14.7 Å². The van der Waals surface area contributed by atoms with E-state index in [1.807, 2.05) is 13.8 Å². The molecule has 5 nitrogen and oxygen atoms in total. The predicted octanol–water partition coefficient (Wildman–Crippen LogP) is 1.19. The molecule has 0 radical (unpaired) electrons. The second-order valence-corrected chi connectivity index (χ2v) is 5.72. The molecule has 1 aromatic rings. The Bertz CT molecular complexity index is 522. The van der Waals surface area contributed by atoms with Gasteiger partial charge in [-0.25, -0.2) is 4.98 Å². The van der Waals surface area contributed by atoms with Crippen LogP contribution in [0.15, 0.2) is 22.7 Å². The Morgan fingerprint density at radius 2 is 1.95 bits per heavy atom. The van der Waals surface area contributed by atoms with Crippen molar-refractivity contribution in [2.24, 2.45) is 11.8 Å². The topological polar surface area (TPSA) is 82.1 Å². The first-order chi connectivity index (χ1) is 8.99. The average molecular weight is 279 g/mol. The number of hydrogen-bond donors (Lipinski definition) is 1. The van der Waals surface area contributed by atoms with E-state index in [2.05, 4.69) is 10.3 Å². The number of allylic oxidation sites excluding steroid dienone is 2. The molecule has 0 aliphatic heterocycles. The Morgan fingerprint density at radius 1 is 1.32 bits per heavy atom. The number of nitrogens with one attached hydrogen (secondary N) is 1. The monoisotopic (exact) mass is 279 g/mol. The third-order valence-electron chi connectivity index (χ3n) is 3.57. The minimum absolute atomic E-state index is 0.295. The maximum Gasteiger partial charge on any atom is 0.230 e. The molecule has 1 N–H and O–H groups in total. The smallest absolute Gasteiger partial charge is 0.230 e. The highest BCUT2D eigenvalue weighted by molar-refractivity contribution is 7.13. The standard InChI is InChI=1S/C13H16N2O3S/c1-7-5-9(10(12(17)18)6-8(7)2)11(16)15-13-14-3-4-19-13/h3-4,9-10H,5-6H2,1-2H3,(H,17,18)(H,14,15,16)/p-1/t9-,10+/m0/s1. The van der Waals surface area contributed by atoms with Crippen LogP contribution in [0.5, 0.6) is 0 Å². The van der Waals surface area contributed by atoms with E-state index >= 15 is 0 Å². The van der Waals surface area contributed by atoms with Gasteiger partial charge in [0, 0.05) is 23.5 Å². The minimum atomic E-state index is -1.16. The van der Waals surface area contributed by atoms with Gasteiger partial charge < -0.3 is 15.2 Å². The number of rotatable bonds is 3. The molecule has 0 aromatic carbocycles. The van der Waals surface area contributed by atoms with Crippen LogP contribution < -0.4 is 10.4 Å². The van der Waals surface area contributed by atoms with Crippen molar-refractivity contribution in [2.75, 3.05) is 5.32 Å². The van der Waals surface area contributed by atoms with E-state index in [9.17, 15) is 14.7 Å². The molecular formula is C13H15N2O3S-. The zero-order chi connectivity index (χ0) is 14.0. The summed E-state index contributed by atoms with van der Waals surface area (Å²) >= 11 is 1.31. The van der Waals surface area contributed by atoms with Crippen LogP contribution >= 0.6 is 11.3 Å². The quantitative estimate of drug-likeness (QED) is 0.843. The molecule has 1 amide bonds. The first-order valence-corrected chi connectivity index (χ1v) is 6.93. The number of anilines is 1. The van der Waals surface area contributed by atoms with Crippen LogP contribution in [0.1, 0.15) is 26.7 Å². The number of aromatic nitrogens is 1. The summed E-state index contributed by atoms with van der Waals surface area (Å²) < 4.78 is 0. The van der Waals surface area contributed by atoms with Crippen LogP contribution in [0.4, 0.5) is 5.13 Å². The van der Waals surface area contributed by atoms with E-state index in [-0.39, 0.29) is 5.91 Å². The SMILES string of the molecule is CC1=C(C)C[C@@H](C(=O)[O-])[C@@H](C(=O)Nc2nccs2)C1. The van der Waals surface area contributed by atoms with Gasteiger partial charge in [-0.1, -0.05) is 11.1 Å². The molecule has 1 heterocycles. The molecule has 1 aromatic heterocycles. The van der Waals surface area contributed by atoms with E-state index in [1.165, 1.54) is 11.3 Å². The van der Waals surface area contributed by atoms with E-state index < -0.39 is 17.8 Å². The van der Waals surface area contributed by atoms with Crippen LogP contribution in [-0.2, 0) is 9.59 Å². The van der Waals surface area contributed by atoms with Gasteiger partial charge in [-0.15, -0.1) is 11.3 Å². The molecule has 6 heteroatoms. The van der Waals surface area contributed by atoms with Crippen LogP contribution in [0, 0.1) is 11.8 Å². The van der Waals surface area contributed by atoms with Crippen molar-refractivity contribution >= 4 is 28.3 Å². The van der Waals surface area contributed by atoms with Gasteiger partial charge in [0.1, 0.15) is 0 Å². The number of carboxylic acid groups (broad SMARTS) is 1. The summed E-state index contributed by atoms with van der Waals surface area (Å²) in [6.45, 7) is 3.84. The van der Waals surface area contributed by atoms with Crippen LogP contribution in [0.25, 0.3) is 0 Å². The number of carbonyl (C=O) groups excluding carboxylic acids is 2.